The van der Waals surface area contributed by atoms with Crippen molar-refractivity contribution in [2.24, 2.45) is 5.73 Å². The number of nitrogens with zero attached hydrogens (tertiary/aromatic N) is 3. The fourth-order valence-corrected chi connectivity index (χ4v) is 1.32. The largest absolute Gasteiger partial charge is 0.394 e. The van der Waals surface area contributed by atoms with Crippen LogP contribution >= 0.6 is 0 Å². The van der Waals surface area contributed by atoms with Gasteiger partial charge in [0, 0.05) is 6.54 Å². The maximum absolute atomic E-state index is 9.24. The molecule has 0 bridgehead atoms. The lowest BCUT2D eigenvalue weighted by molar-refractivity contribution is 0.0771. The van der Waals surface area contributed by atoms with Crippen molar-refractivity contribution in [1.82, 2.24) is 15.0 Å². The van der Waals surface area contributed by atoms with Crippen LogP contribution < -0.4 is 5.73 Å². The Kier molecular flexibility index (Phi) is 3.99. The van der Waals surface area contributed by atoms with Gasteiger partial charge >= 0.3 is 0 Å². The summed E-state index contributed by atoms with van der Waals surface area (Å²) in [5.74, 6) is 0. The summed E-state index contributed by atoms with van der Waals surface area (Å²) in [7, 11) is 0. The van der Waals surface area contributed by atoms with Gasteiger partial charge in [0.05, 0.1) is 30.6 Å². The molecule has 0 radical (unpaired) electrons. The van der Waals surface area contributed by atoms with Gasteiger partial charge in [-0.2, -0.15) is 0 Å². The standard InChI is InChI=1S/C8H16N4O2/c1-2-8-7(3-9)10-11-12(8)4-6(14)5-13/h6,13-14H,2-5,9H2,1H3. The normalized spacial score (nSPS) is 13.1. The quantitative estimate of drug-likeness (QED) is 0.546. The Morgan fingerprint density at radius 3 is 2.79 bits per heavy atom. The average Bonchev–Trinajstić information content (AvgIpc) is 2.59. The first-order valence-corrected chi connectivity index (χ1v) is 4.63. The van der Waals surface area contributed by atoms with Crippen molar-refractivity contribution in [3.05, 3.63) is 11.4 Å². The van der Waals surface area contributed by atoms with Gasteiger partial charge in [-0.3, -0.25) is 0 Å². The molecule has 1 heterocycles. The molecule has 6 heteroatoms. The van der Waals surface area contributed by atoms with Crippen LogP contribution in [0.1, 0.15) is 18.3 Å². The van der Waals surface area contributed by atoms with E-state index < -0.39 is 6.10 Å². The topological polar surface area (TPSA) is 97.2 Å². The average molecular weight is 200 g/mol. The van der Waals surface area contributed by atoms with E-state index in [2.05, 4.69) is 10.3 Å². The molecule has 0 fully saturated rings. The zero-order valence-electron chi connectivity index (χ0n) is 8.22. The summed E-state index contributed by atoms with van der Waals surface area (Å²) in [6, 6.07) is 0. The molecule has 1 atom stereocenters. The summed E-state index contributed by atoms with van der Waals surface area (Å²) in [5, 5.41) is 25.7. The minimum atomic E-state index is -0.798. The molecular formula is C8H16N4O2. The van der Waals surface area contributed by atoms with Gasteiger partial charge in [-0.15, -0.1) is 5.10 Å². The number of hydrogen-bond donors (Lipinski definition) is 3. The van der Waals surface area contributed by atoms with E-state index in [9.17, 15) is 5.11 Å². The van der Waals surface area contributed by atoms with Gasteiger partial charge in [0.2, 0.25) is 0 Å². The van der Waals surface area contributed by atoms with Gasteiger partial charge in [-0.05, 0) is 6.42 Å². The molecule has 80 valence electrons. The van der Waals surface area contributed by atoms with E-state index in [-0.39, 0.29) is 13.2 Å². The molecule has 0 saturated carbocycles. The molecule has 1 unspecified atom stereocenters. The Balaban J connectivity index is 2.80. The molecule has 6 nitrogen and oxygen atoms in total. The zero-order valence-corrected chi connectivity index (χ0v) is 8.22. The Labute approximate surface area is 82.3 Å². The van der Waals surface area contributed by atoms with Crippen LogP contribution in [0.2, 0.25) is 0 Å². The predicted octanol–water partition coefficient (Wildman–Crippen LogP) is -1.35. The molecule has 0 aliphatic heterocycles. The fourth-order valence-electron chi connectivity index (χ4n) is 1.32. The highest BCUT2D eigenvalue weighted by Crippen LogP contribution is 2.06. The number of nitrogens with two attached hydrogens (primary N) is 1. The molecule has 4 N–H and O–H groups in total. The number of aliphatic hydroxyl groups is 2. The lowest BCUT2D eigenvalue weighted by Gasteiger charge is -2.09. The van der Waals surface area contributed by atoms with Crippen LogP contribution in [-0.2, 0) is 19.5 Å². The van der Waals surface area contributed by atoms with Crippen molar-refractivity contribution >= 4 is 0 Å². The molecule has 0 amide bonds. The van der Waals surface area contributed by atoms with Crippen molar-refractivity contribution in [3.8, 4) is 0 Å². The van der Waals surface area contributed by atoms with Crippen LogP contribution in [0.3, 0.4) is 0 Å². The zero-order chi connectivity index (χ0) is 10.6. The van der Waals surface area contributed by atoms with Gasteiger partial charge in [0.1, 0.15) is 0 Å². The van der Waals surface area contributed by atoms with Crippen molar-refractivity contribution in [3.63, 3.8) is 0 Å². The van der Waals surface area contributed by atoms with Gasteiger partial charge in [0.25, 0.3) is 0 Å². The molecule has 1 rings (SSSR count). The van der Waals surface area contributed by atoms with Crippen LogP contribution in [0.25, 0.3) is 0 Å². The van der Waals surface area contributed by atoms with Crippen molar-refractivity contribution in [1.29, 1.82) is 0 Å². The lowest BCUT2D eigenvalue weighted by Crippen LogP contribution is -2.22. The third-order valence-electron chi connectivity index (χ3n) is 2.04. The number of hydrogen-bond acceptors (Lipinski definition) is 5. The van der Waals surface area contributed by atoms with Crippen LogP contribution in [0.15, 0.2) is 0 Å². The van der Waals surface area contributed by atoms with Gasteiger partial charge in [-0.1, -0.05) is 12.1 Å². The van der Waals surface area contributed by atoms with E-state index in [1.807, 2.05) is 6.92 Å². The highest BCUT2D eigenvalue weighted by Gasteiger charge is 2.12. The second kappa shape index (κ2) is 5.04. The molecule has 0 aliphatic carbocycles. The summed E-state index contributed by atoms with van der Waals surface area (Å²) >= 11 is 0. The minimum Gasteiger partial charge on any atom is -0.394 e. The first kappa shape index (κ1) is 11.1. The summed E-state index contributed by atoms with van der Waals surface area (Å²) in [4.78, 5) is 0. The molecular weight excluding hydrogens is 184 g/mol. The number of aromatic nitrogens is 3. The van der Waals surface area contributed by atoms with Crippen molar-refractivity contribution in [2.45, 2.75) is 32.5 Å². The summed E-state index contributed by atoms with van der Waals surface area (Å²) in [6.07, 6.45) is -0.0369. The molecule has 0 aromatic carbocycles. The van der Waals surface area contributed by atoms with Crippen LogP contribution in [0.4, 0.5) is 0 Å². The van der Waals surface area contributed by atoms with Gasteiger partial charge in [-0.25, -0.2) is 4.68 Å². The van der Waals surface area contributed by atoms with E-state index in [0.717, 1.165) is 17.8 Å². The molecule has 1 aromatic heterocycles. The first-order valence-electron chi connectivity index (χ1n) is 4.63. The maximum Gasteiger partial charge on any atom is 0.0994 e. The molecule has 0 aliphatic rings. The summed E-state index contributed by atoms with van der Waals surface area (Å²) in [5.41, 5.74) is 7.14. The van der Waals surface area contributed by atoms with E-state index in [0.29, 0.717) is 6.54 Å². The van der Waals surface area contributed by atoms with E-state index in [1.165, 1.54) is 0 Å². The van der Waals surface area contributed by atoms with Crippen molar-refractivity contribution < 1.29 is 10.2 Å². The molecule has 14 heavy (non-hydrogen) atoms. The minimum absolute atomic E-state index is 0.257. The van der Waals surface area contributed by atoms with Crippen LogP contribution in [0, 0.1) is 0 Å². The second-order valence-corrected chi connectivity index (χ2v) is 3.06. The third-order valence-corrected chi connectivity index (χ3v) is 2.04. The lowest BCUT2D eigenvalue weighted by atomic mass is 10.2. The maximum atomic E-state index is 9.24. The Morgan fingerprint density at radius 1 is 1.57 bits per heavy atom. The highest BCUT2D eigenvalue weighted by molar-refractivity contribution is 5.09. The Hall–Kier alpha value is -0.980. The number of aliphatic hydroxyl groups excluding tert-OH is 2. The van der Waals surface area contributed by atoms with Crippen molar-refractivity contribution in [2.75, 3.05) is 6.61 Å². The number of rotatable bonds is 5. The molecule has 0 saturated heterocycles. The molecule has 0 spiro atoms. The summed E-state index contributed by atoms with van der Waals surface area (Å²) < 4.78 is 1.59. The van der Waals surface area contributed by atoms with Crippen LogP contribution in [-0.4, -0.2) is 37.9 Å². The Bertz CT molecular complexity index is 287. The SMILES string of the molecule is CCc1c(CN)nnn1CC(O)CO. The van der Waals surface area contributed by atoms with E-state index in [1.54, 1.807) is 4.68 Å². The molecule has 1 aromatic rings. The first-order chi connectivity index (χ1) is 6.72. The fraction of sp³-hybridized carbons (Fsp3) is 0.750. The van der Waals surface area contributed by atoms with E-state index in [4.69, 9.17) is 10.8 Å². The highest BCUT2D eigenvalue weighted by atomic mass is 16.3. The predicted molar refractivity (Wildman–Crippen MR) is 50.4 cm³/mol. The van der Waals surface area contributed by atoms with E-state index >= 15 is 0 Å². The van der Waals surface area contributed by atoms with Gasteiger partial charge < -0.3 is 15.9 Å². The smallest absolute Gasteiger partial charge is 0.0994 e. The third kappa shape index (κ3) is 2.28. The second-order valence-electron chi connectivity index (χ2n) is 3.06. The monoisotopic (exact) mass is 200 g/mol. The summed E-state index contributed by atoms with van der Waals surface area (Å²) in [6.45, 7) is 2.30. The Morgan fingerprint density at radius 2 is 2.29 bits per heavy atom. The van der Waals surface area contributed by atoms with Crippen LogP contribution in [0.5, 0.6) is 0 Å². The van der Waals surface area contributed by atoms with Gasteiger partial charge in [0.15, 0.2) is 0 Å².